The lowest BCUT2D eigenvalue weighted by Crippen LogP contribution is -2.30. The van der Waals surface area contributed by atoms with Crippen LogP contribution in [-0.4, -0.2) is 44.7 Å². The van der Waals surface area contributed by atoms with Gasteiger partial charge in [-0.3, -0.25) is 4.79 Å². The summed E-state index contributed by atoms with van der Waals surface area (Å²) in [5, 5.41) is 11.0. The Hall–Kier alpha value is -3.22. The predicted octanol–water partition coefficient (Wildman–Crippen LogP) is 2.01. The molecule has 2 aromatic carbocycles. The summed E-state index contributed by atoms with van der Waals surface area (Å²) in [5.74, 6) is 0.541. The Morgan fingerprint density at radius 3 is 2.48 bits per heavy atom. The summed E-state index contributed by atoms with van der Waals surface area (Å²) in [6, 6.07) is 15.3. The maximum atomic E-state index is 12.2. The van der Waals surface area contributed by atoms with Crippen molar-refractivity contribution in [1.82, 2.24) is 25.1 Å². The number of amides is 1. The van der Waals surface area contributed by atoms with Crippen molar-refractivity contribution in [2.24, 2.45) is 0 Å². The van der Waals surface area contributed by atoms with Gasteiger partial charge in [0, 0.05) is 13.6 Å². The number of rotatable bonds is 6. The van der Waals surface area contributed by atoms with Crippen LogP contribution >= 0.6 is 0 Å². The number of aromatic nitrogens is 4. The van der Waals surface area contributed by atoms with E-state index < -0.39 is 0 Å². The van der Waals surface area contributed by atoms with Crippen molar-refractivity contribution in [2.45, 2.75) is 13.5 Å². The van der Waals surface area contributed by atoms with Crippen molar-refractivity contribution in [3.63, 3.8) is 0 Å². The van der Waals surface area contributed by atoms with Crippen LogP contribution in [0.15, 0.2) is 54.9 Å². The molecule has 0 spiro atoms. The largest absolute Gasteiger partial charge is 0.484 e. The summed E-state index contributed by atoms with van der Waals surface area (Å²) >= 11 is 0. The van der Waals surface area contributed by atoms with Crippen LogP contribution in [0.3, 0.4) is 0 Å². The monoisotopic (exact) mass is 337 g/mol. The molecule has 0 saturated heterocycles. The molecular weight excluding hydrogens is 318 g/mol. The Morgan fingerprint density at radius 1 is 1.12 bits per heavy atom. The first-order valence-corrected chi connectivity index (χ1v) is 7.87. The van der Waals surface area contributed by atoms with Crippen LogP contribution in [0.25, 0.3) is 5.69 Å². The molecule has 0 atom stereocenters. The zero-order valence-corrected chi connectivity index (χ0v) is 14.2. The number of carbonyl (C=O) groups is 1. The van der Waals surface area contributed by atoms with Gasteiger partial charge in [0.2, 0.25) is 0 Å². The molecule has 0 radical (unpaired) electrons. The number of aryl methyl sites for hydroxylation is 1. The van der Waals surface area contributed by atoms with Gasteiger partial charge in [0.1, 0.15) is 12.1 Å². The van der Waals surface area contributed by atoms with E-state index in [2.05, 4.69) is 15.5 Å². The summed E-state index contributed by atoms with van der Waals surface area (Å²) in [4.78, 5) is 13.9. The molecule has 3 aromatic rings. The Labute approximate surface area is 145 Å². The van der Waals surface area contributed by atoms with Gasteiger partial charge in [-0.15, -0.1) is 5.10 Å². The van der Waals surface area contributed by atoms with Crippen LogP contribution in [0, 0.1) is 6.92 Å². The molecule has 0 aliphatic carbocycles. The maximum absolute atomic E-state index is 12.2. The fourth-order valence-corrected chi connectivity index (χ4v) is 2.29. The second-order valence-electron chi connectivity index (χ2n) is 5.77. The van der Waals surface area contributed by atoms with Gasteiger partial charge in [0.25, 0.3) is 5.91 Å². The van der Waals surface area contributed by atoms with Crippen molar-refractivity contribution < 1.29 is 9.53 Å². The summed E-state index contributed by atoms with van der Waals surface area (Å²) in [6.45, 7) is 2.59. The Kier molecular flexibility index (Phi) is 5.03. The molecule has 1 amide bonds. The molecule has 1 heterocycles. The minimum absolute atomic E-state index is 0.00735. The number of ether oxygens (including phenoxy) is 1. The quantitative estimate of drug-likeness (QED) is 0.688. The van der Waals surface area contributed by atoms with E-state index in [4.69, 9.17) is 4.74 Å². The molecular formula is C18H19N5O2. The zero-order valence-electron chi connectivity index (χ0n) is 14.2. The molecule has 1 aromatic heterocycles. The van der Waals surface area contributed by atoms with Gasteiger partial charge in [-0.1, -0.05) is 29.8 Å². The SMILES string of the molecule is Cc1ccc(CN(C)C(=O)COc2ccc(-n3cnnn3)cc2)cc1. The van der Waals surface area contributed by atoms with Gasteiger partial charge in [-0.25, -0.2) is 4.68 Å². The number of hydrogen-bond acceptors (Lipinski definition) is 5. The number of hydrogen-bond donors (Lipinski definition) is 0. The second kappa shape index (κ2) is 7.57. The normalized spacial score (nSPS) is 10.5. The number of likely N-dealkylation sites (N-methyl/N-ethyl adjacent to an activating group) is 1. The van der Waals surface area contributed by atoms with E-state index in [0.29, 0.717) is 12.3 Å². The molecule has 0 N–H and O–H groups in total. The second-order valence-corrected chi connectivity index (χ2v) is 5.77. The van der Waals surface area contributed by atoms with Crippen LogP contribution in [0.5, 0.6) is 5.75 Å². The lowest BCUT2D eigenvalue weighted by Gasteiger charge is -2.17. The summed E-state index contributed by atoms with van der Waals surface area (Å²) in [5.41, 5.74) is 3.11. The molecule has 0 saturated carbocycles. The van der Waals surface area contributed by atoms with E-state index in [9.17, 15) is 4.79 Å². The minimum Gasteiger partial charge on any atom is -0.484 e. The van der Waals surface area contributed by atoms with Crippen LogP contribution < -0.4 is 4.74 Å². The molecule has 0 unspecified atom stereocenters. The van der Waals surface area contributed by atoms with Crippen molar-refractivity contribution in [2.75, 3.05) is 13.7 Å². The topological polar surface area (TPSA) is 73.1 Å². The van der Waals surface area contributed by atoms with Gasteiger partial charge >= 0.3 is 0 Å². The first-order chi connectivity index (χ1) is 12.1. The molecule has 25 heavy (non-hydrogen) atoms. The van der Waals surface area contributed by atoms with E-state index in [-0.39, 0.29) is 12.5 Å². The minimum atomic E-state index is -0.0786. The third-order valence-corrected chi connectivity index (χ3v) is 3.78. The predicted molar refractivity (Wildman–Crippen MR) is 92.3 cm³/mol. The van der Waals surface area contributed by atoms with Crippen LogP contribution in [0.1, 0.15) is 11.1 Å². The highest BCUT2D eigenvalue weighted by Crippen LogP contribution is 2.14. The maximum Gasteiger partial charge on any atom is 0.260 e. The van der Waals surface area contributed by atoms with Crippen molar-refractivity contribution in [1.29, 1.82) is 0 Å². The lowest BCUT2D eigenvalue weighted by molar-refractivity contribution is -0.132. The zero-order chi connectivity index (χ0) is 17.6. The highest BCUT2D eigenvalue weighted by molar-refractivity contribution is 5.77. The highest BCUT2D eigenvalue weighted by atomic mass is 16.5. The molecule has 7 nitrogen and oxygen atoms in total. The average Bonchev–Trinajstić information content (AvgIpc) is 3.16. The number of tetrazole rings is 1. The smallest absolute Gasteiger partial charge is 0.260 e. The van der Waals surface area contributed by atoms with E-state index in [1.807, 2.05) is 43.3 Å². The highest BCUT2D eigenvalue weighted by Gasteiger charge is 2.10. The van der Waals surface area contributed by atoms with E-state index in [0.717, 1.165) is 11.3 Å². The third kappa shape index (κ3) is 4.41. The molecule has 0 aliphatic heterocycles. The molecule has 0 bridgehead atoms. The van der Waals surface area contributed by atoms with Crippen molar-refractivity contribution in [3.8, 4) is 11.4 Å². The van der Waals surface area contributed by atoms with Gasteiger partial charge < -0.3 is 9.64 Å². The van der Waals surface area contributed by atoms with Gasteiger partial charge in [0.15, 0.2) is 6.61 Å². The summed E-state index contributed by atoms with van der Waals surface area (Å²) in [6.07, 6.45) is 1.51. The Morgan fingerprint density at radius 2 is 1.84 bits per heavy atom. The Balaban J connectivity index is 1.52. The lowest BCUT2D eigenvalue weighted by atomic mass is 10.1. The van der Waals surface area contributed by atoms with E-state index >= 15 is 0 Å². The summed E-state index contributed by atoms with van der Waals surface area (Å²) < 4.78 is 7.11. The number of benzene rings is 2. The van der Waals surface area contributed by atoms with Crippen molar-refractivity contribution >= 4 is 5.91 Å². The fourth-order valence-electron chi connectivity index (χ4n) is 2.29. The van der Waals surface area contributed by atoms with Gasteiger partial charge in [-0.05, 0) is 47.2 Å². The van der Waals surface area contributed by atoms with E-state index in [1.54, 1.807) is 28.8 Å². The van der Waals surface area contributed by atoms with Gasteiger partial charge in [-0.2, -0.15) is 0 Å². The molecule has 0 fully saturated rings. The summed E-state index contributed by atoms with van der Waals surface area (Å²) in [7, 11) is 1.77. The first-order valence-electron chi connectivity index (χ1n) is 7.87. The number of nitrogens with zero attached hydrogens (tertiary/aromatic N) is 5. The first kappa shape index (κ1) is 16.6. The molecule has 128 valence electrons. The number of carbonyl (C=O) groups excluding carboxylic acids is 1. The van der Waals surface area contributed by atoms with Crippen molar-refractivity contribution in [3.05, 3.63) is 66.0 Å². The van der Waals surface area contributed by atoms with E-state index in [1.165, 1.54) is 11.9 Å². The standard InChI is InChI=1S/C18H19N5O2/c1-14-3-5-15(6-4-14)11-22(2)18(24)12-25-17-9-7-16(8-10-17)23-13-19-20-21-23/h3-10,13H,11-12H2,1-2H3. The van der Waals surface area contributed by atoms with Crippen LogP contribution in [0.4, 0.5) is 0 Å². The fraction of sp³-hybridized carbons (Fsp3) is 0.222. The average molecular weight is 337 g/mol. The molecule has 3 rings (SSSR count). The Bertz CT molecular complexity index is 814. The third-order valence-electron chi connectivity index (χ3n) is 3.78. The van der Waals surface area contributed by atoms with Gasteiger partial charge in [0.05, 0.1) is 5.69 Å². The molecule has 7 heteroatoms. The van der Waals surface area contributed by atoms with Crippen LogP contribution in [0.2, 0.25) is 0 Å². The molecule has 0 aliphatic rings. The van der Waals surface area contributed by atoms with Crippen LogP contribution in [-0.2, 0) is 11.3 Å².